The van der Waals surface area contributed by atoms with Crippen molar-refractivity contribution in [1.82, 2.24) is 0 Å². The van der Waals surface area contributed by atoms with Crippen molar-refractivity contribution in [3.63, 3.8) is 0 Å². The minimum absolute atomic E-state index is 0.0825. The molecule has 0 radical (unpaired) electrons. The Morgan fingerprint density at radius 3 is 2.42 bits per heavy atom. The molecule has 0 saturated carbocycles. The maximum Gasteiger partial charge on any atom is 0.343 e. The van der Waals surface area contributed by atoms with Crippen LogP contribution in [0.5, 0.6) is 17.2 Å². The number of aromatic hydroxyl groups is 1. The lowest BCUT2D eigenvalue weighted by Gasteiger charge is -2.13. The summed E-state index contributed by atoms with van der Waals surface area (Å²) in [5.74, 6) is 2.06. The maximum atomic E-state index is 12.0. The van der Waals surface area contributed by atoms with Crippen molar-refractivity contribution in [1.29, 1.82) is 0 Å². The van der Waals surface area contributed by atoms with Crippen molar-refractivity contribution in [2.45, 2.75) is 34.3 Å². The Morgan fingerprint density at radius 1 is 0.903 bits per heavy atom. The number of methoxy groups -OCH3 is 1. The highest BCUT2D eigenvalue weighted by atomic mass is 16.5. The Hall–Kier alpha value is -3.67. The van der Waals surface area contributed by atoms with Gasteiger partial charge in [-0.05, 0) is 74.7 Å². The van der Waals surface area contributed by atoms with Gasteiger partial charge in [-0.25, -0.2) is 4.79 Å². The quantitative estimate of drug-likeness (QED) is 0.454. The first-order valence-electron chi connectivity index (χ1n) is 9.93. The number of fused-ring (bicyclic) bond motifs is 1. The predicted molar refractivity (Wildman–Crippen MR) is 118 cm³/mol. The van der Waals surface area contributed by atoms with E-state index in [1.54, 1.807) is 20.1 Å². The Morgan fingerprint density at radius 2 is 1.68 bits per heavy atom. The van der Waals surface area contributed by atoms with E-state index in [4.69, 9.17) is 18.3 Å². The van der Waals surface area contributed by atoms with E-state index < -0.39 is 5.63 Å². The summed E-state index contributed by atoms with van der Waals surface area (Å²) in [5.41, 5.74) is 3.98. The van der Waals surface area contributed by atoms with Gasteiger partial charge in [-0.1, -0.05) is 6.07 Å². The van der Waals surface area contributed by atoms with Crippen molar-refractivity contribution in [2.75, 3.05) is 7.11 Å². The summed E-state index contributed by atoms with van der Waals surface area (Å²) in [6, 6.07) is 11.2. The molecular formula is C25H24O6. The molecule has 0 aliphatic carbocycles. The maximum absolute atomic E-state index is 12.0. The summed E-state index contributed by atoms with van der Waals surface area (Å²) in [6.07, 6.45) is 0. The summed E-state index contributed by atoms with van der Waals surface area (Å²) in [5, 5.41) is 11.0. The molecular weight excluding hydrogens is 396 g/mol. The molecule has 31 heavy (non-hydrogen) atoms. The molecule has 0 amide bonds. The molecule has 160 valence electrons. The van der Waals surface area contributed by atoms with E-state index in [-0.39, 0.29) is 17.1 Å². The smallest absolute Gasteiger partial charge is 0.343 e. The summed E-state index contributed by atoms with van der Waals surface area (Å²) < 4.78 is 22.6. The van der Waals surface area contributed by atoms with Gasteiger partial charge < -0.3 is 23.4 Å². The molecule has 4 rings (SSSR count). The summed E-state index contributed by atoms with van der Waals surface area (Å²) in [7, 11) is 1.66. The van der Waals surface area contributed by atoms with E-state index in [0.717, 1.165) is 27.8 Å². The Bertz CT molecular complexity index is 1340. The van der Waals surface area contributed by atoms with Crippen LogP contribution in [-0.2, 0) is 6.61 Å². The van der Waals surface area contributed by atoms with Gasteiger partial charge in [0, 0.05) is 10.9 Å². The molecule has 0 aliphatic heterocycles. The molecule has 0 aliphatic rings. The van der Waals surface area contributed by atoms with Gasteiger partial charge in [0.1, 0.15) is 29.4 Å². The minimum Gasteiger partial charge on any atom is -0.507 e. The van der Waals surface area contributed by atoms with Crippen molar-refractivity contribution in [3.05, 3.63) is 74.6 Å². The van der Waals surface area contributed by atoms with Crippen LogP contribution in [0.4, 0.5) is 0 Å². The second kappa shape index (κ2) is 7.87. The lowest BCUT2D eigenvalue weighted by atomic mass is 10.0. The van der Waals surface area contributed by atoms with Crippen LogP contribution in [0.1, 0.15) is 27.8 Å². The van der Waals surface area contributed by atoms with E-state index in [1.807, 2.05) is 37.3 Å². The van der Waals surface area contributed by atoms with Gasteiger partial charge in [-0.2, -0.15) is 0 Å². The minimum atomic E-state index is -0.590. The number of benzene rings is 2. The van der Waals surface area contributed by atoms with E-state index in [2.05, 4.69) is 6.92 Å². The van der Waals surface area contributed by atoms with Crippen molar-refractivity contribution in [3.8, 4) is 28.8 Å². The van der Waals surface area contributed by atoms with Gasteiger partial charge in [0.05, 0.1) is 12.7 Å². The highest BCUT2D eigenvalue weighted by Crippen LogP contribution is 2.35. The summed E-state index contributed by atoms with van der Waals surface area (Å²) >= 11 is 0. The number of rotatable bonds is 5. The molecule has 2 aromatic carbocycles. The molecule has 1 N–H and O–H groups in total. The van der Waals surface area contributed by atoms with Gasteiger partial charge in [-0.15, -0.1) is 0 Å². The van der Waals surface area contributed by atoms with Crippen molar-refractivity contribution in [2.24, 2.45) is 0 Å². The largest absolute Gasteiger partial charge is 0.507 e. The topological polar surface area (TPSA) is 82.0 Å². The number of hydrogen-bond acceptors (Lipinski definition) is 6. The highest BCUT2D eigenvalue weighted by molar-refractivity contribution is 5.84. The fourth-order valence-corrected chi connectivity index (χ4v) is 3.58. The first kappa shape index (κ1) is 20.6. The molecule has 6 heteroatoms. The summed E-state index contributed by atoms with van der Waals surface area (Å²) in [6.45, 7) is 7.70. The van der Waals surface area contributed by atoms with Crippen LogP contribution in [0.3, 0.4) is 0 Å². The van der Waals surface area contributed by atoms with Crippen molar-refractivity contribution >= 4 is 11.0 Å². The fraction of sp³-hybridized carbons (Fsp3) is 0.240. The first-order chi connectivity index (χ1) is 14.8. The van der Waals surface area contributed by atoms with Crippen LogP contribution < -0.4 is 15.1 Å². The zero-order valence-corrected chi connectivity index (χ0v) is 18.2. The number of ether oxygens (including phenoxy) is 2. The van der Waals surface area contributed by atoms with E-state index in [0.29, 0.717) is 29.3 Å². The van der Waals surface area contributed by atoms with Crippen LogP contribution in [0.2, 0.25) is 0 Å². The highest BCUT2D eigenvalue weighted by Gasteiger charge is 2.18. The molecule has 0 saturated heterocycles. The average Bonchev–Trinajstić information content (AvgIpc) is 3.19. The van der Waals surface area contributed by atoms with Crippen LogP contribution in [0, 0.1) is 27.7 Å². The molecule has 0 spiro atoms. The molecule has 0 unspecified atom stereocenters. The summed E-state index contributed by atoms with van der Waals surface area (Å²) in [4.78, 5) is 12.0. The van der Waals surface area contributed by atoms with Gasteiger partial charge >= 0.3 is 5.63 Å². The zero-order chi connectivity index (χ0) is 22.3. The monoisotopic (exact) mass is 420 g/mol. The van der Waals surface area contributed by atoms with Crippen LogP contribution >= 0.6 is 0 Å². The van der Waals surface area contributed by atoms with E-state index in [9.17, 15) is 9.90 Å². The third-order valence-electron chi connectivity index (χ3n) is 5.73. The SMILES string of the molecule is COc1ccc(COc2ccc3oc(-c4oc(=O)c(C)c(O)c4C)cc3c2)c(C)c1C. The lowest BCUT2D eigenvalue weighted by Crippen LogP contribution is -2.05. The van der Waals surface area contributed by atoms with Gasteiger partial charge in [-0.3, -0.25) is 0 Å². The van der Waals surface area contributed by atoms with Crippen LogP contribution in [0.25, 0.3) is 22.5 Å². The lowest BCUT2D eigenvalue weighted by molar-refractivity contribution is 0.305. The van der Waals surface area contributed by atoms with Gasteiger partial charge in [0.2, 0.25) is 0 Å². The van der Waals surface area contributed by atoms with Crippen LogP contribution in [0.15, 0.2) is 50.0 Å². The first-order valence-corrected chi connectivity index (χ1v) is 9.93. The average molecular weight is 420 g/mol. The number of hydrogen-bond donors (Lipinski definition) is 1. The molecule has 0 bridgehead atoms. The second-order valence-electron chi connectivity index (χ2n) is 7.59. The van der Waals surface area contributed by atoms with E-state index in [1.165, 1.54) is 6.92 Å². The molecule has 2 aromatic heterocycles. The van der Waals surface area contributed by atoms with Gasteiger partial charge in [0.25, 0.3) is 0 Å². The molecule has 6 nitrogen and oxygen atoms in total. The molecule has 0 fully saturated rings. The third-order valence-corrected chi connectivity index (χ3v) is 5.73. The zero-order valence-electron chi connectivity index (χ0n) is 18.2. The molecule has 0 atom stereocenters. The fourth-order valence-electron chi connectivity index (χ4n) is 3.58. The van der Waals surface area contributed by atoms with Gasteiger partial charge in [0.15, 0.2) is 11.5 Å². The standard InChI is InChI=1S/C25H24O6/c1-13-14(2)20(28-5)8-6-17(13)12-29-19-7-9-21-18(10-19)11-22(30-21)24-15(3)23(26)16(4)25(27)31-24/h6-11,26H,12H2,1-5H3. The normalized spacial score (nSPS) is 11.1. The number of furan rings is 1. The van der Waals surface area contributed by atoms with E-state index >= 15 is 0 Å². The third kappa shape index (κ3) is 3.65. The predicted octanol–water partition coefficient (Wildman–Crippen LogP) is 5.58. The Labute approximate surface area is 179 Å². The molecule has 4 aromatic rings. The van der Waals surface area contributed by atoms with Crippen molar-refractivity contribution < 1.29 is 23.4 Å². The Balaban J connectivity index is 1.62. The second-order valence-corrected chi connectivity index (χ2v) is 7.59. The molecule has 2 heterocycles. The Kier molecular flexibility index (Phi) is 5.23. The van der Waals surface area contributed by atoms with Crippen LogP contribution in [-0.4, -0.2) is 12.2 Å².